The topological polar surface area (TPSA) is 63.2 Å². The van der Waals surface area contributed by atoms with E-state index in [-0.39, 0.29) is 5.91 Å². The van der Waals surface area contributed by atoms with Crippen LogP contribution in [0.2, 0.25) is 0 Å². The second-order valence-electron chi connectivity index (χ2n) is 5.88. The Bertz CT molecular complexity index is 893. The summed E-state index contributed by atoms with van der Waals surface area (Å²) in [5.74, 6) is 0.525. The van der Waals surface area contributed by atoms with E-state index in [2.05, 4.69) is 22.2 Å². The highest BCUT2D eigenvalue weighted by atomic mass is 16.5. The van der Waals surface area contributed by atoms with Gasteiger partial charge in [0.05, 0.1) is 11.3 Å². The van der Waals surface area contributed by atoms with E-state index in [0.717, 1.165) is 17.0 Å². The fourth-order valence-electron chi connectivity index (χ4n) is 2.43. The molecule has 1 amide bonds. The largest absolute Gasteiger partial charge is 0.489 e. The van der Waals surface area contributed by atoms with Crippen LogP contribution in [0.25, 0.3) is 0 Å². The lowest BCUT2D eigenvalue weighted by Gasteiger charge is -2.09. The Morgan fingerprint density at radius 3 is 2.56 bits per heavy atom. The quantitative estimate of drug-likeness (QED) is 0.581. The van der Waals surface area contributed by atoms with Gasteiger partial charge in [0, 0.05) is 24.6 Å². The average molecular weight is 359 g/mol. The van der Waals surface area contributed by atoms with Crippen molar-refractivity contribution in [2.24, 2.45) is 0 Å². The third kappa shape index (κ3) is 5.44. The number of carbonyl (C=O) groups is 1. The van der Waals surface area contributed by atoms with Crippen molar-refractivity contribution >= 4 is 17.3 Å². The number of benzene rings is 2. The summed E-state index contributed by atoms with van der Waals surface area (Å²) in [6, 6.07) is 19.0. The van der Waals surface area contributed by atoms with Gasteiger partial charge in [-0.1, -0.05) is 36.4 Å². The molecule has 0 saturated heterocycles. The summed E-state index contributed by atoms with van der Waals surface area (Å²) in [6.45, 7) is 4.77. The fourth-order valence-corrected chi connectivity index (χ4v) is 2.43. The standard InChI is InChI=1S/C22H21N3O2/c1-2-12-24-20-13-18(14-23-15-20)22(26)25-19-8-10-21(11-9-19)27-16-17-6-4-3-5-7-17/h2-11,13-15,24H,1,12,16H2,(H,25,26). The molecule has 136 valence electrons. The van der Waals surface area contributed by atoms with Crippen molar-refractivity contribution in [1.29, 1.82) is 0 Å². The molecular weight excluding hydrogens is 338 g/mol. The van der Waals surface area contributed by atoms with Gasteiger partial charge in [-0.25, -0.2) is 0 Å². The third-order valence-electron chi connectivity index (χ3n) is 3.81. The molecule has 5 heteroatoms. The molecule has 3 rings (SSSR count). The minimum atomic E-state index is -0.220. The number of hydrogen-bond acceptors (Lipinski definition) is 4. The van der Waals surface area contributed by atoms with Gasteiger partial charge in [-0.15, -0.1) is 6.58 Å². The number of pyridine rings is 1. The lowest BCUT2D eigenvalue weighted by molar-refractivity contribution is 0.102. The second kappa shape index (κ2) is 9.20. The smallest absolute Gasteiger partial charge is 0.257 e. The lowest BCUT2D eigenvalue weighted by Crippen LogP contribution is -2.12. The molecule has 0 aliphatic carbocycles. The Morgan fingerprint density at radius 2 is 1.81 bits per heavy atom. The number of carbonyl (C=O) groups excluding carboxylic acids is 1. The van der Waals surface area contributed by atoms with Crippen LogP contribution < -0.4 is 15.4 Å². The molecule has 0 fully saturated rings. The summed E-state index contributed by atoms with van der Waals surface area (Å²) in [6.07, 6.45) is 4.94. The van der Waals surface area contributed by atoms with Gasteiger partial charge in [0.15, 0.2) is 0 Å². The van der Waals surface area contributed by atoms with Crippen LogP contribution in [0, 0.1) is 0 Å². The molecule has 0 spiro atoms. The minimum absolute atomic E-state index is 0.220. The molecule has 0 radical (unpaired) electrons. The van der Waals surface area contributed by atoms with Crippen molar-refractivity contribution in [3.05, 3.63) is 96.8 Å². The van der Waals surface area contributed by atoms with Crippen molar-refractivity contribution in [1.82, 2.24) is 4.98 Å². The summed E-state index contributed by atoms with van der Waals surface area (Å²) >= 11 is 0. The molecular formula is C22H21N3O2. The van der Waals surface area contributed by atoms with Crippen molar-refractivity contribution in [3.8, 4) is 5.75 Å². The molecule has 0 atom stereocenters. The number of anilines is 2. The van der Waals surface area contributed by atoms with Gasteiger partial charge in [-0.05, 0) is 35.9 Å². The van der Waals surface area contributed by atoms with Crippen LogP contribution in [0.1, 0.15) is 15.9 Å². The zero-order valence-corrected chi connectivity index (χ0v) is 14.9. The maximum atomic E-state index is 12.4. The van der Waals surface area contributed by atoms with E-state index in [1.165, 1.54) is 6.20 Å². The number of nitrogens with one attached hydrogen (secondary N) is 2. The molecule has 0 unspecified atom stereocenters. The van der Waals surface area contributed by atoms with Gasteiger partial charge in [-0.2, -0.15) is 0 Å². The van der Waals surface area contributed by atoms with Gasteiger partial charge in [-0.3, -0.25) is 9.78 Å². The van der Waals surface area contributed by atoms with E-state index in [1.54, 1.807) is 18.3 Å². The number of hydrogen-bond donors (Lipinski definition) is 2. The van der Waals surface area contributed by atoms with E-state index in [1.807, 2.05) is 54.6 Å². The summed E-state index contributed by atoms with van der Waals surface area (Å²) in [7, 11) is 0. The molecule has 1 heterocycles. The highest BCUT2D eigenvalue weighted by Crippen LogP contribution is 2.18. The van der Waals surface area contributed by atoms with Gasteiger partial charge in [0.25, 0.3) is 5.91 Å². The molecule has 27 heavy (non-hydrogen) atoms. The maximum Gasteiger partial charge on any atom is 0.257 e. The molecule has 2 N–H and O–H groups in total. The van der Waals surface area contributed by atoms with E-state index < -0.39 is 0 Å². The molecule has 5 nitrogen and oxygen atoms in total. The zero-order valence-electron chi connectivity index (χ0n) is 14.9. The van der Waals surface area contributed by atoms with Crippen LogP contribution in [0.3, 0.4) is 0 Å². The average Bonchev–Trinajstić information content (AvgIpc) is 2.72. The van der Waals surface area contributed by atoms with E-state index >= 15 is 0 Å². The van der Waals surface area contributed by atoms with Gasteiger partial charge >= 0.3 is 0 Å². The van der Waals surface area contributed by atoms with Gasteiger partial charge in [0.2, 0.25) is 0 Å². The van der Waals surface area contributed by atoms with Crippen molar-refractivity contribution in [2.45, 2.75) is 6.61 Å². The Labute approximate surface area is 158 Å². The molecule has 2 aromatic carbocycles. The monoisotopic (exact) mass is 359 g/mol. The first kappa shape index (κ1) is 18.2. The van der Waals surface area contributed by atoms with Crippen LogP contribution >= 0.6 is 0 Å². The normalized spacial score (nSPS) is 10.1. The number of nitrogens with zero attached hydrogens (tertiary/aromatic N) is 1. The molecule has 0 aliphatic rings. The summed E-state index contributed by atoms with van der Waals surface area (Å²) in [5, 5.41) is 5.97. The summed E-state index contributed by atoms with van der Waals surface area (Å²) < 4.78 is 5.75. The van der Waals surface area contributed by atoms with Crippen molar-refractivity contribution in [3.63, 3.8) is 0 Å². The predicted octanol–water partition coefficient (Wildman–Crippen LogP) is 4.51. The molecule has 1 aromatic heterocycles. The molecule has 0 bridgehead atoms. The Hall–Kier alpha value is -3.60. The molecule has 0 saturated carbocycles. The van der Waals surface area contributed by atoms with Crippen LogP contribution in [0.4, 0.5) is 11.4 Å². The van der Waals surface area contributed by atoms with E-state index in [4.69, 9.17) is 4.74 Å². The van der Waals surface area contributed by atoms with E-state index in [0.29, 0.717) is 24.4 Å². The maximum absolute atomic E-state index is 12.4. The number of ether oxygens (including phenoxy) is 1. The second-order valence-corrected chi connectivity index (χ2v) is 5.88. The highest BCUT2D eigenvalue weighted by molar-refractivity contribution is 6.04. The minimum Gasteiger partial charge on any atom is -0.489 e. The fraction of sp³-hybridized carbons (Fsp3) is 0.0909. The van der Waals surface area contributed by atoms with Crippen LogP contribution in [0.5, 0.6) is 5.75 Å². The molecule has 0 aliphatic heterocycles. The van der Waals surface area contributed by atoms with Gasteiger partial charge < -0.3 is 15.4 Å². The summed E-state index contributed by atoms with van der Waals surface area (Å²) in [5.41, 5.74) is 3.05. The van der Waals surface area contributed by atoms with Crippen LogP contribution in [-0.4, -0.2) is 17.4 Å². The first-order chi connectivity index (χ1) is 13.2. The molecule has 3 aromatic rings. The third-order valence-corrected chi connectivity index (χ3v) is 3.81. The van der Waals surface area contributed by atoms with Crippen molar-refractivity contribution < 1.29 is 9.53 Å². The Kier molecular flexibility index (Phi) is 6.20. The first-order valence-corrected chi connectivity index (χ1v) is 8.62. The SMILES string of the molecule is C=CCNc1cncc(C(=O)Nc2ccc(OCc3ccccc3)cc2)c1. The number of rotatable bonds is 8. The van der Waals surface area contributed by atoms with Crippen molar-refractivity contribution in [2.75, 3.05) is 17.2 Å². The lowest BCUT2D eigenvalue weighted by atomic mass is 10.2. The highest BCUT2D eigenvalue weighted by Gasteiger charge is 2.08. The first-order valence-electron chi connectivity index (χ1n) is 8.62. The Morgan fingerprint density at radius 1 is 1.04 bits per heavy atom. The zero-order chi connectivity index (χ0) is 18.9. The number of amides is 1. The number of aromatic nitrogens is 1. The van der Waals surface area contributed by atoms with Crippen LogP contribution in [-0.2, 0) is 6.61 Å². The van der Waals surface area contributed by atoms with E-state index in [9.17, 15) is 4.79 Å². The van der Waals surface area contributed by atoms with Gasteiger partial charge in [0.1, 0.15) is 12.4 Å². The van der Waals surface area contributed by atoms with Crippen LogP contribution in [0.15, 0.2) is 85.7 Å². The summed E-state index contributed by atoms with van der Waals surface area (Å²) in [4.78, 5) is 16.5. The predicted molar refractivity (Wildman–Crippen MR) is 108 cm³/mol. The Balaban J connectivity index is 1.57.